The fraction of sp³-hybridized carbons (Fsp3) is 0.250. The molecule has 1 aromatic carbocycles. The molecule has 0 fully saturated rings. The van der Waals surface area contributed by atoms with Crippen molar-refractivity contribution in [2.45, 2.75) is 6.92 Å². The molecule has 16 heavy (non-hydrogen) atoms. The first-order chi connectivity index (χ1) is 7.61. The Bertz CT molecular complexity index is 388. The summed E-state index contributed by atoms with van der Waals surface area (Å²) in [4.78, 5) is 10.9. The first kappa shape index (κ1) is 12.3. The van der Waals surface area contributed by atoms with Gasteiger partial charge in [0, 0.05) is 25.2 Å². The van der Waals surface area contributed by atoms with Crippen molar-refractivity contribution < 1.29 is 9.53 Å². The monoisotopic (exact) mass is 220 g/mol. The molecule has 0 aliphatic rings. The SMILES string of the molecule is C=C(CN)COc1cccc(NC(C)=O)c1. The zero-order chi connectivity index (χ0) is 12.0. The van der Waals surface area contributed by atoms with Gasteiger partial charge < -0.3 is 15.8 Å². The number of nitrogens with one attached hydrogen (secondary N) is 1. The molecule has 1 amide bonds. The van der Waals surface area contributed by atoms with E-state index in [9.17, 15) is 4.79 Å². The molecule has 0 bridgehead atoms. The van der Waals surface area contributed by atoms with Crippen LogP contribution >= 0.6 is 0 Å². The Hall–Kier alpha value is -1.81. The summed E-state index contributed by atoms with van der Waals surface area (Å²) in [6.07, 6.45) is 0. The number of hydrogen-bond donors (Lipinski definition) is 2. The molecule has 0 radical (unpaired) electrons. The standard InChI is InChI=1S/C12H16N2O2/c1-9(7-13)8-16-12-5-3-4-11(6-12)14-10(2)15/h3-6H,1,7-8,13H2,2H3,(H,14,15). The van der Waals surface area contributed by atoms with Crippen LogP contribution in [-0.2, 0) is 4.79 Å². The van der Waals surface area contributed by atoms with Crippen molar-refractivity contribution >= 4 is 11.6 Å². The molecule has 0 aliphatic heterocycles. The maximum absolute atomic E-state index is 10.9. The van der Waals surface area contributed by atoms with Crippen LogP contribution in [0.25, 0.3) is 0 Å². The second-order valence-electron chi connectivity index (χ2n) is 3.45. The van der Waals surface area contributed by atoms with Gasteiger partial charge in [0.15, 0.2) is 0 Å². The van der Waals surface area contributed by atoms with Gasteiger partial charge in [-0.3, -0.25) is 4.79 Å². The highest BCUT2D eigenvalue weighted by Crippen LogP contribution is 2.17. The third-order valence-corrected chi connectivity index (χ3v) is 1.89. The summed E-state index contributed by atoms with van der Waals surface area (Å²) < 4.78 is 5.45. The van der Waals surface area contributed by atoms with E-state index in [4.69, 9.17) is 10.5 Å². The zero-order valence-corrected chi connectivity index (χ0v) is 9.32. The van der Waals surface area contributed by atoms with E-state index >= 15 is 0 Å². The van der Waals surface area contributed by atoms with Gasteiger partial charge in [-0.05, 0) is 17.7 Å². The Morgan fingerprint density at radius 3 is 2.94 bits per heavy atom. The summed E-state index contributed by atoms with van der Waals surface area (Å²) in [6.45, 7) is 6.00. The minimum atomic E-state index is -0.108. The van der Waals surface area contributed by atoms with Crippen LogP contribution in [-0.4, -0.2) is 19.1 Å². The van der Waals surface area contributed by atoms with E-state index in [-0.39, 0.29) is 5.91 Å². The van der Waals surface area contributed by atoms with Crippen LogP contribution in [0.2, 0.25) is 0 Å². The molecule has 1 rings (SSSR count). The summed E-state index contributed by atoms with van der Waals surface area (Å²) >= 11 is 0. The summed E-state index contributed by atoms with van der Waals surface area (Å²) in [5.41, 5.74) is 6.93. The van der Waals surface area contributed by atoms with Crippen LogP contribution in [0.5, 0.6) is 5.75 Å². The third kappa shape index (κ3) is 4.14. The summed E-state index contributed by atoms with van der Waals surface area (Å²) in [7, 11) is 0. The van der Waals surface area contributed by atoms with Crippen LogP contribution in [0.15, 0.2) is 36.4 Å². The van der Waals surface area contributed by atoms with Gasteiger partial charge in [0.25, 0.3) is 0 Å². The van der Waals surface area contributed by atoms with Crippen molar-refractivity contribution in [3.05, 3.63) is 36.4 Å². The molecule has 3 N–H and O–H groups in total. The zero-order valence-electron chi connectivity index (χ0n) is 9.32. The predicted octanol–water partition coefficient (Wildman–Crippen LogP) is 1.54. The highest BCUT2D eigenvalue weighted by molar-refractivity contribution is 5.88. The van der Waals surface area contributed by atoms with Gasteiger partial charge in [0.2, 0.25) is 5.91 Å². The lowest BCUT2D eigenvalue weighted by Crippen LogP contribution is -2.10. The van der Waals surface area contributed by atoms with Crippen LogP contribution < -0.4 is 15.8 Å². The second kappa shape index (κ2) is 5.92. The molecule has 0 heterocycles. The largest absolute Gasteiger partial charge is 0.489 e. The van der Waals surface area contributed by atoms with E-state index in [1.807, 2.05) is 12.1 Å². The van der Waals surface area contributed by atoms with Crippen LogP contribution in [0, 0.1) is 0 Å². The van der Waals surface area contributed by atoms with Crippen molar-refractivity contribution in [3.8, 4) is 5.75 Å². The highest BCUT2D eigenvalue weighted by atomic mass is 16.5. The number of hydrogen-bond acceptors (Lipinski definition) is 3. The van der Waals surface area contributed by atoms with Gasteiger partial charge in [-0.2, -0.15) is 0 Å². The Kier molecular flexibility index (Phi) is 4.54. The van der Waals surface area contributed by atoms with Gasteiger partial charge in [0.05, 0.1) is 0 Å². The Morgan fingerprint density at radius 1 is 1.56 bits per heavy atom. The van der Waals surface area contributed by atoms with Gasteiger partial charge in [-0.1, -0.05) is 12.6 Å². The summed E-state index contributed by atoms with van der Waals surface area (Å²) in [6, 6.07) is 7.18. The number of carbonyl (C=O) groups excluding carboxylic acids is 1. The molecule has 4 heteroatoms. The maximum atomic E-state index is 10.9. The normalized spacial score (nSPS) is 9.62. The summed E-state index contributed by atoms with van der Waals surface area (Å²) in [5.74, 6) is 0.573. The molecule has 0 atom stereocenters. The number of carbonyl (C=O) groups is 1. The Labute approximate surface area is 95.1 Å². The van der Waals surface area contributed by atoms with E-state index in [2.05, 4.69) is 11.9 Å². The lowest BCUT2D eigenvalue weighted by molar-refractivity contribution is -0.114. The van der Waals surface area contributed by atoms with E-state index in [1.54, 1.807) is 12.1 Å². The van der Waals surface area contributed by atoms with Crippen LogP contribution in [0.3, 0.4) is 0 Å². The van der Waals surface area contributed by atoms with Crippen molar-refractivity contribution in [2.75, 3.05) is 18.5 Å². The predicted molar refractivity (Wildman–Crippen MR) is 64.4 cm³/mol. The molecule has 4 nitrogen and oxygen atoms in total. The fourth-order valence-electron chi connectivity index (χ4n) is 1.11. The Morgan fingerprint density at radius 2 is 2.31 bits per heavy atom. The highest BCUT2D eigenvalue weighted by Gasteiger charge is 1.99. The molecule has 86 valence electrons. The quantitative estimate of drug-likeness (QED) is 0.740. The minimum Gasteiger partial charge on any atom is -0.489 e. The number of nitrogens with two attached hydrogens (primary N) is 1. The second-order valence-corrected chi connectivity index (χ2v) is 3.45. The van der Waals surface area contributed by atoms with Crippen LogP contribution in [0.4, 0.5) is 5.69 Å². The number of rotatable bonds is 5. The smallest absolute Gasteiger partial charge is 0.221 e. The van der Waals surface area contributed by atoms with Crippen molar-refractivity contribution in [1.29, 1.82) is 0 Å². The first-order valence-corrected chi connectivity index (χ1v) is 4.99. The Balaban J connectivity index is 2.60. The average molecular weight is 220 g/mol. The lowest BCUT2D eigenvalue weighted by Gasteiger charge is -2.08. The van der Waals surface area contributed by atoms with Gasteiger partial charge in [-0.15, -0.1) is 0 Å². The van der Waals surface area contributed by atoms with Crippen molar-refractivity contribution in [3.63, 3.8) is 0 Å². The molecular weight excluding hydrogens is 204 g/mol. The molecule has 1 aromatic rings. The molecule has 0 aromatic heterocycles. The fourth-order valence-corrected chi connectivity index (χ4v) is 1.11. The first-order valence-electron chi connectivity index (χ1n) is 4.99. The van der Waals surface area contributed by atoms with Gasteiger partial charge >= 0.3 is 0 Å². The topological polar surface area (TPSA) is 64.3 Å². The van der Waals surface area contributed by atoms with Gasteiger partial charge in [0.1, 0.15) is 12.4 Å². The van der Waals surface area contributed by atoms with Gasteiger partial charge in [-0.25, -0.2) is 0 Å². The molecular formula is C12H16N2O2. The average Bonchev–Trinajstić information content (AvgIpc) is 2.25. The van der Waals surface area contributed by atoms with E-state index in [0.717, 1.165) is 5.57 Å². The molecule has 0 saturated carbocycles. The number of amides is 1. The minimum absolute atomic E-state index is 0.108. The maximum Gasteiger partial charge on any atom is 0.221 e. The van der Waals surface area contributed by atoms with E-state index in [1.165, 1.54) is 6.92 Å². The third-order valence-electron chi connectivity index (χ3n) is 1.89. The molecule has 0 aliphatic carbocycles. The molecule has 0 saturated heterocycles. The summed E-state index contributed by atoms with van der Waals surface area (Å²) in [5, 5.41) is 2.68. The molecule has 0 spiro atoms. The number of anilines is 1. The van der Waals surface area contributed by atoms with Crippen molar-refractivity contribution in [2.24, 2.45) is 5.73 Å². The number of benzene rings is 1. The lowest BCUT2D eigenvalue weighted by atomic mass is 10.3. The van der Waals surface area contributed by atoms with E-state index < -0.39 is 0 Å². The van der Waals surface area contributed by atoms with Crippen LogP contribution in [0.1, 0.15) is 6.92 Å². The van der Waals surface area contributed by atoms with E-state index in [0.29, 0.717) is 24.6 Å². The molecule has 0 unspecified atom stereocenters. The number of ether oxygens (including phenoxy) is 1. The van der Waals surface area contributed by atoms with Crippen molar-refractivity contribution in [1.82, 2.24) is 0 Å².